The number of carbonyl (C=O) groups is 1. The van der Waals surface area contributed by atoms with Gasteiger partial charge in [0.1, 0.15) is 5.71 Å². The number of hydrogen-bond donors (Lipinski definition) is 1. The summed E-state index contributed by atoms with van der Waals surface area (Å²) in [5, 5.41) is 7.38. The molecule has 0 aromatic heterocycles. The van der Waals surface area contributed by atoms with Crippen LogP contribution in [0.5, 0.6) is 0 Å². The Kier molecular flexibility index (Phi) is 1.36. The highest BCUT2D eigenvalue weighted by molar-refractivity contribution is 6.40. The van der Waals surface area contributed by atoms with Crippen LogP contribution in [0.3, 0.4) is 0 Å². The summed E-state index contributed by atoms with van der Waals surface area (Å²) in [6.45, 7) is 0. The van der Waals surface area contributed by atoms with Crippen LogP contribution in [-0.2, 0) is 4.79 Å². The third-order valence-corrected chi connectivity index (χ3v) is 1.67. The number of carbonyl (C=O) groups excluding carboxylic acids is 1. The maximum absolute atomic E-state index is 10.7. The van der Waals surface area contributed by atoms with Gasteiger partial charge in [0.15, 0.2) is 5.84 Å². The van der Waals surface area contributed by atoms with Gasteiger partial charge in [0.2, 0.25) is 0 Å². The Labute approximate surface area is 68.4 Å². The zero-order valence-electron chi connectivity index (χ0n) is 6.19. The van der Waals surface area contributed by atoms with Crippen molar-refractivity contribution < 1.29 is 4.79 Å². The molecule has 0 aromatic rings. The quantitative estimate of drug-likeness (QED) is 0.561. The maximum Gasteiger partial charge on any atom is 0.265 e. The Morgan fingerprint density at radius 1 is 1.50 bits per heavy atom. The van der Waals surface area contributed by atoms with Gasteiger partial charge in [0, 0.05) is 18.2 Å². The molecule has 0 spiro atoms. The second-order valence-electron chi connectivity index (χ2n) is 2.48. The summed E-state index contributed by atoms with van der Waals surface area (Å²) < 4.78 is 0. The fourth-order valence-corrected chi connectivity index (χ4v) is 1.04. The molecule has 0 bridgehead atoms. The predicted octanol–water partition coefficient (Wildman–Crippen LogP) is -0.359. The van der Waals surface area contributed by atoms with E-state index in [2.05, 4.69) is 15.2 Å². The molecule has 2 aliphatic rings. The molecule has 5 heteroatoms. The first-order valence-electron chi connectivity index (χ1n) is 3.45. The molecule has 0 aliphatic carbocycles. The minimum atomic E-state index is -0.523. The van der Waals surface area contributed by atoms with Gasteiger partial charge in [0.05, 0.1) is 0 Å². The van der Waals surface area contributed by atoms with E-state index in [-0.39, 0.29) is 5.71 Å². The molecule has 2 N–H and O–H groups in total. The molecule has 1 amide bonds. The number of amidine groups is 1. The summed E-state index contributed by atoms with van der Waals surface area (Å²) in [5.41, 5.74) is 6.23. The fraction of sp³-hybridized carbons (Fsp3) is 0.143. The van der Waals surface area contributed by atoms with Crippen LogP contribution in [0.4, 0.5) is 0 Å². The standard InChI is InChI=1S/C7H6N4O/c8-6(12)5-3-4-1-2-9-7(4)11-10-5/h1-2H,3H2,(H2,8,12). The molecular formula is C7H6N4O. The lowest BCUT2D eigenvalue weighted by Gasteiger charge is -2.06. The first-order chi connectivity index (χ1) is 5.77. The van der Waals surface area contributed by atoms with Gasteiger partial charge in [-0.1, -0.05) is 0 Å². The summed E-state index contributed by atoms with van der Waals surface area (Å²) in [6.07, 6.45) is 3.87. The summed E-state index contributed by atoms with van der Waals surface area (Å²) in [4.78, 5) is 14.6. The molecule has 60 valence electrons. The van der Waals surface area contributed by atoms with E-state index in [0.29, 0.717) is 12.3 Å². The van der Waals surface area contributed by atoms with Crippen molar-refractivity contribution in [1.82, 2.24) is 0 Å². The smallest absolute Gasteiger partial charge is 0.265 e. The number of allylic oxidation sites excluding steroid dienone is 1. The number of nitrogens with zero attached hydrogens (tertiary/aromatic N) is 3. The third-order valence-electron chi connectivity index (χ3n) is 1.67. The van der Waals surface area contributed by atoms with Crippen molar-refractivity contribution in [3.63, 3.8) is 0 Å². The van der Waals surface area contributed by atoms with Gasteiger partial charge >= 0.3 is 0 Å². The van der Waals surface area contributed by atoms with Crippen LogP contribution in [0, 0.1) is 0 Å². The van der Waals surface area contributed by atoms with E-state index in [1.165, 1.54) is 0 Å². The topological polar surface area (TPSA) is 80.2 Å². The number of rotatable bonds is 1. The molecule has 0 fully saturated rings. The Hall–Kier alpha value is -1.78. The Morgan fingerprint density at radius 2 is 2.33 bits per heavy atom. The van der Waals surface area contributed by atoms with Crippen molar-refractivity contribution >= 4 is 23.7 Å². The Bertz CT molecular complexity index is 362. The van der Waals surface area contributed by atoms with Gasteiger partial charge in [-0.05, 0) is 6.08 Å². The summed E-state index contributed by atoms with van der Waals surface area (Å²) >= 11 is 0. The van der Waals surface area contributed by atoms with E-state index in [1.54, 1.807) is 12.3 Å². The summed E-state index contributed by atoms with van der Waals surface area (Å²) in [6, 6.07) is 0. The van der Waals surface area contributed by atoms with Crippen molar-refractivity contribution in [2.45, 2.75) is 6.42 Å². The molecule has 0 unspecified atom stereocenters. The normalized spacial score (nSPS) is 19.5. The monoisotopic (exact) mass is 162 g/mol. The number of primary amides is 1. The predicted molar refractivity (Wildman–Crippen MR) is 45.3 cm³/mol. The lowest BCUT2D eigenvalue weighted by molar-refractivity contribution is -0.112. The largest absolute Gasteiger partial charge is 0.364 e. The number of aliphatic imine (C=N–C) groups is 1. The van der Waals surface area contributed by atoms with Crippen molar-refractivity contribution in [3.05, 3.63) is 11.6 Å². The average molecular weight is 162 g/mol. The van der Waals surface area contributed by atoms with E-state index >= 15 is 0 Å². The Balaban J connectivity index is 2.33. The van der Waals surface area contributed by atoms with Gasteiger partial charge in [-0.3, -0.25) is 4.79 Å². The van der Waals surface area contributed by atoms with Crippen molar-refractivity contribution in [3.8, 4) is 0 Å². The number of fused-ring (bicyclic) bond motifs is 1. The van der Waals surface area contributed by atoms with E-state index in [1.807, 2.05) is 0 Å². The van der Waals surface area contributed by atoms with Crippen LogP contribution in [-0.4, -0.2) is 23.7 Å². The lowest BCUT2D eigenvalue weighted by Crippen LogP contribution is -2.26. The molecule has 2 rings (SSSR count). The van der Waals surface area contributed by atoms with Crippen LogP contribution in [0.1, 0.15) is 6.42 Å². The minimum Gasteiger partial charge on any atom is -0.364 e. The molecule has 0 saturated heterocycles. The number of hydrogen-bond acceptors (Lipinski definition) is 4. The van der Waals surface area contributed by atoms with E-state index < -0.39 is 5.91 Å². The van der Waals surface area contributed by atoms with Gasteiger partial charge in [-0.25, -0.2) is 4.99 Å². The number of nitrogens with two attached hydrogens (primary N) is 1. The molecule has 0 saturated carbocycles. The second-order valence-corrected chi connectivity index (χ2v) is 2.48. The Morgan fingerprint density at radius 3 is 3.08 bits per heavy atom. The molecule has 2 heterocycles. The maximum atomic E-state index is 10.7. The molecule has 0 radical (unpaired) electrons. The van der Waals surface area contributed by atoms with Crippen LogP contribution >= 0.6 is 0 Å². The highest BCUT2D eigenvalue weighted by atomic mass is 16.1. The van der Waals surface area contributed by atoms with Crippen LogP contribution in [0.15, 0.2) is 26.8 Å². The number of amides is 1. The van der Waals surface area contributed by atoms with Crippen LogP contribution < -0.4 is 5.73 Å². The van der Waals surface area contributed by atoms with Crippen LogP contribution in [0.25, 0.3) is 0 Å². The molecule has 2 aliphatic heterocycles. The minimum absolute atomic E-state index is 0.288. The SMILES string of the molecule is NC(=O)C1=NN=C2N=CC=C2C1. The van der Waals surface area contributed by atoms with E-state index in [9.17, 15) is 4.79 Å². The zero-order valence-corrected chi connectivity index (χ0v) is 6.19. The van der Waals surface area contributed by atoms with Crippen LogP contribution in [0.2, 0.25) is 0 Å². The molecule has 12 heavy (non-hydrogen) atoms. The van der Waals surface area contributed by atoms with Crippen molar-refractivity contribution in [2.75, 3.05) is 0 Å². The van der Waals surface area contributed by atoms with Gasteiger partial charge in [-0.2, -0.15) is 0 Å². The van der Waals surface area contributed by atoms with E-state index in [0.717, 1.165) is 5.57 Å². The third kappa shape index (κ3) is 0.952. The first-order valence-corrected chi connectivity index (χ1v) is 3.45. The van der Waals surface area contributed by atoms with Crippen molar-refractivity contribution in [2.24, 2.45) is 20.9 Å². The van der Waals surface area contributed by atoms with Gasteiger partial charge in [-0.15, -0.1) is 10.2 Å². The molecular weight excluding hydrogens is 156 g/mol. The molecule has 0 atom stereocenters. The first kappa shape index (κ1) is 6.90. The highest BCUT2D eigenvalue weighted by Gasteiger charge is 2.20. The molecule has 5 nitrogen and oxygen atoms in total. The fourth-order valence-electron chi connectivity index (χ4n) is 1.04. The zero-order chi connectivity index (χ0) is 8.55. The summed E-state index contributed by atoms with van der Waals surface area (Å²) in [5.74, 6) is 0.0607. The summed E-state index contributed by atoms with van der Waals surface area (Å²) in [7, 11) is 0. The second kappa shape index (κ2) is 2.37. The average Bonchev–Trinajstić information content (AvgIpc) is 2.49. The van der Waals surface area contributed by atoms with Gasteiger partial charge < -0.3 is 5.73 Å². The highest BCUT2D eigenvalue weighted by Crippen LogP contribution is 2.15. The van der Waals surface area contributed by atoms with E-state index in [4.69, 9.17) is 5.73 Å². The lowest BCUT2D eigenvalue weighted by atomic mass is 10.1. The van der Waals surface area contributed by atoms with Crippen molar-refractivity contribution in [1.29, 1.82) is 0 Å². The molecule has 0 aromatic carbocycles. The van der Waals surface area contributed by atoms with Gasteiger partial charge in [0.25, 0.3) is 5.91 Å².